The second kappa shape index (κ2) is 11.1. The SMILES string of the molecule is CN(C)c1ccc(/C=C(\NC(=O)c2ccccc2)C(=O)N/N=C/c2cccc(Br)c2)cc1. The van der Waals surface area contributed by atoms with E-state index in [2.05, 4.69) is 31.8 Å². The molecule has 3 rings (SSSR count). The number of nitrogens with zero attached hydrogens (tertiary/aromatic N) is 2. The quantitative estimate of drug-likeness (QED) is 0.292. The molecule has 32 heavy (non-hydrogen) atoms. The second-order valence-corrected chi connectivity index (χ2v) is 8.03. The molecule has 0 aliphatic rings. The minimum absolute atomic E-state index is 0.0860. The van der Waals surface area contributed by atoms with Crippen LogP contribution in [-0.2, 0) is 4.79 Å². The molecule has 0 saturated heterocycles. The van der Waals surface area contributed by atoms with Crippen molar-refractivity contribution in [2.24, 2.45) is 5.10 Å². The zero-order chi connectivity index (χ0) is 22.9. The van der Waals surface area contributed by atoms with Crippen LogP contribution >= 0.6 is 15.9 Å². The van der Waals surface area contributed by atoms with Crippen molar-refractivity contribution in [3.8, 4) is 0 Å². The smallest absolute Gasteiger partial charge is 0.287 e. The van der Waals surface area contributed by atoms with Crippen LogP contribution in [0.3, 0.4) is 0 Å². The zero-order valence-electron chi connectivity index (χ0n) is 17.7. The molecule has 0 heterocycles. The first-order chi connectivity index (χ1) is 15.4. The molecule has 0 aliphatic carbocycles. The van der Waals surface area contributed by atoms with Crippen molar-refractivity contribution in [2.75, 3.05) is 19.0 Å². The standard InChI is InChI=1S/C25H23BrN4O2/c1-30(2)22-13-11-18(12-14-22)16-23(28-24(31)20-8-4-3-5-9-20)25(32)29-27-17-19-7-6-10-21(26)15-19/h3-17H,1-2H3,(H,28,31)(H,29,32)/b23-16-,27-17+. The summed E-state index contributed by atoms with van der Waals surface area (Å²) in [6, 6.07) is 23.8. The third-order valence-corrected chi connectivity index (χ3v) is 4.97. The van der Waals surface area contributed by atoms with Crippen molar-refractivity contribution in [1.82, 2.24) is 10.7 Å². The molecule has 0 spiro atoms. The predicted molar refractivity (Wildman–Crippen MR) is 133 cm³/mol. The Morgan fingerprint density at radius 3 is 2.28 bits per heavy atom. The predicted octanol–water partition coefficient (Wildman–Crippen LogP) is 4.44. The summed E-state index contributed by atoms with van der Waals surface area (Å²) in [6.07, 6.45) is 3.15. The monoisotopic (exact) mass is 490 g/mol. The number of nitrogens with one attached hydrogen (secondary N) is 2. The Bertz CT molecular complexity index is 1140. The third-order valence-electron chi connectivity index (χ3n) is 4.48. The number of hydrazone groups is 1. The van der Waals surface area contributed by atoms with Crippen molar-refractivity contribution in [1.29, 1.82) is 0 Å². The number of benzene rings is 3. The summed E-state index contributed by atoms with van der Waals surface area (Å²) in [5.41, 5.74) is 5.63. The summed E-state index contributed by atoms with van der Waals surface area (Å²) >= 11 is 3.40. The van der Waals surface area contributed by atoms with Gasteiger partial charge in [0.05, 0.1) is 6.21 Å². The summed E-state index contributed by atoms with van der Waals surface area (Å²) in [6.45, 7) is 0. The summed E-state index contributed by atoms with van der Waals surface area (Å²) in [7, 11) is 3.90. The Balaban J connectivity index is 1.81. The van der Waals surface area contributed by atoms with Crippen LogP contribution in [0.25, 0.3) is 6.08 Å². The van der Waals surface area contributed by atoms with Gasteiger partial charge < -0.3 is 10.2 Å². The minimum Gasteiger partial charge on any atom is -0.378 e. The molecule has 3 aromatic carbocycles. The lowest BCUT2D eigenvalue weighted by Crippen LogP contribution is -2.32. The van der Waals surface area contributed by atoms with E-state index in [1.165, 1.54) is 6.21 Å². The van der Waals surface area contributed by atoms with Gasteiger partial charge >= 0.3 is 0 Å². The normalized spacial score (nSPS) is 11.3. The van der Waals surface area contributed by atoms with Crippen molar-refractivity contribution in [3.05, 3.63) is 106 Å². The average Bonchev–Trinajstić information content (AvgIpc) is 2.79. The molecule has 7 heteroatoms. The van der Waals surface area contributed by atoms with Gasteiger partial charge in [-0.3, -0.25) is 9.59 Å². The van der Waals surface area contributed by atoms with Gasteiger partial charge in [-0.05, 0) is 53.6 Å². The van der Waals surface area contributed by atoms with Crippen LogP contribution in [-0.4, -0.2) is 32.1 Å². The van der Waals surface area contributed by atoms with Gasteiger partial charge in [-0.2, -0.15) is 5.10 Å². The first-order valence-corrected chi connectivity index (χ1v) is 10.7. The van der Waals surface area contributed by atoms with Crippen LogP contribution in [0.1, 0.15) is 21.5 Å². The van der Waals surface area contributed by atoms with E-state index < -0.39 is 5.91 Å². The van der Waals surface area contributed by atoms with E-state index in [9.17, 15) is 9.59 Å². The maximum Gasteiger partial charge on any atom is 0.287 e. The van der Waals surface area contributed by atoms with E-state index in [1.807, 2.05) is 73.6 Å². The van der Waals surface area contributed by atoms with E-state index in [4.69, 9.17) is 0 Å². The molecular formula is C25H23BrN4O2. The van der Waals surface area contributed by atoms with Crippen molar-refractivity contribution in [3.63, 3.8) is 0 Å². The fourth-order valence-corrected chi connectivity index (χ4v) is 3.21. The lowest BCUT2D eigenvalue weighted by atomic mass is 10.1. The number of carbonyl (C=O) groups excluding carboxylic acids is 2. The first kappa shape index (κ1) is 23.0. The number of halogens is 1. The van der Waals surface area contributed by atoms with Crippen LogP contribution in [0.4, 0.5) is 5.69 Å². The molecule has 0 aliphatic heterocycles. The van der Waals surface area contributed by atoms with Gasteiger partial charge in [0.15, 0.2) is 0 Å². The van der Waals surface area contributed by atoms with E-state index >= 15 is 0 Å². The maximum atomic E-state index is 12.8. The fourth-order valence-electron chi connectivity index (χ4n) is 2.79. The Kier molecular flexibility index (Phi) is 7.94. The molecular weight excluding hydrogens is 468 g/mol. The fraction of sp³-hybridized carbons (Fsp3) is 0.0800. The lowest BCUT2D eigenvalue weighted by Gasteiger charge is -2.12. The third kappa shape index (κ3) is 6.65. The minimum atomic E-state index is -0.530. The highest BCUT2D eigenvalue weighted by Gasteiger charge is 2.14. The molecule has 3 aromatic rings. The molecule has 2 N–H and O–H groups in total. The van der Waals surface area contributed by atoms with Crippen LogP contribution in [0.5, 0.6) is 0 Å². The number of carbonyl (C=O) groups is 2. The summed E-state index contributed by atoms with van der Waals surface area (Å²) < 4.78 is 0.907. The van der Waals surface area contributed by atoms with Gasteiger partial charge in [0.25, 0.3) is 11.8 Å². The molecule has 0 bridgehead atoms. The first-order valence-electron chi connectivity index (χ1n) is 9.87. The number of hydrogen-bond acceptors (Lipinski definition) is 4. The highest BCUT2D eigenvalue weighted by molar-refractivity contribution is 9.10. The molecule has 0 saturated carbocycles. The summed E-state index contributed by atoms with van der Waals surface area (Å²) in [5.74, 6) is -0.912. The Labute approximate surface area is 195 Å². The Hall–Kier alpha value is -3.71. The van der Waals surface area contributed by atoms with Crippen LogP contribution in [0.15, 0.2) is 94.1 Å². The largest absolute Gasteiger partial charge is 0.378 e. The lowest BCUT2D eigenvalue weighted by molar-refractivity contribution is -0.117. The molecule has 6 nitrogen and oxygen atoms in total. The van der Waals surface area contributed by atoms with Gasteiger partial charge in [-0.1, -0.05) is 58.4 Å². The summed E-state index contributed by atoms with van der Waals surface area (Å²) in [4.78, 5) is 27.4. The average molecular weight is 491 g/mol. The molecule has 0 radical (unpaired) electrons. The van der Waals surface area contributed by atoms with E-state index in [0.717, 1.165) is 21.3 Å². The van der Waals surface area contributed by atoms with E-state index in [-0.39, 0.29) is 11.6 Å². The van der Waals surface area contributed by atoms with Gasteiger partial charge in [0.1, 0.15) is 5.70 Å². The number of anilines is 1. The molecule has 0 atom stereocenters. The van der Waals surface area contributed by atoms with Gasteiger partial charge in [0.2, 0.25) is 0 Å². The highest BCUT2D eigenvalue weighted by atomic mass is 79.9. The van der Waals surface area contributed by atoms with Gasteiger partial charge in [0, 0.05) is 29.8 Å². The van der Waals surface area contributed by atoms with Crippen molar-refractivity contribution < 1.29 is 9.59 Å². The number of hydrogen-bond donors (Lipinski definition) is 2. The van der Waals surface area contributed by atoms with E-state index in [1.54, 1.807) is 30.3 Å². The van der Waals surface area contributed by atoms with E-state index in [0.29, 0.717) is 5.56 Å². The Morgan fingerprint density at radius 1 is 0.906 bits per heavy atom. The molecule has 162 valence electrons. The van der Waals surface area contributed by atoms with Crippen LogP contribution in [0.2, 0.25) is 0 Å². The zero-order valence-corrected chi connectivity index (χ0v) is 19.3. The molecule has 0 aromatic heterocycles. The van der Waals surface area contributed by atoms with Gasteiger partial charge in [-0.15, -0.1) is 0 Å². The topological polar surface area (TPSA) is 73.8 Å². The number of rotatable bonds is 7. The molecule has 0 fully saturated rings. The van der Waals surface area contributed by atoms with Crippen molar-refractivity contribution in [2.45, 2.75) is 0 Å². The highest BCUT2D eigenvalue weighted by Crippen LogP contribution is 2.15. The van der Waals surface area contributed by atoms with Gasteiger partial charge in [-0.25, -0.2) is 5.43 Å². The molecule has 2 amide bonds. The van der Waals surface area contributed by atoms with Crippen LogP contribution < -0.4 is 15.6 Å². The summed E-state index contributed by atoms with van der Waals surface area (Å²) in [5, 5.41) is 6.71. The van der Waals surface area contributed by atoms with Crippen LogP contribution in [0, 0.1) is 0 Å². The molecule has 0 unspecified atom stereocenters. The Morgan fingerprint density at radius 2 is 1.62 bits per heavy atom. The maximum absolute atomic E-state index is 12.8. The van der Waals surface area contributed by atoms with Crippen molar-refractivity contribution >= 4 is 45.7 Å². The second-order valence-electron chi connectivity index (χ2n) is 7.12. The number of amides is 2.